The molecule has 2 aliphatic carbocycles. The van der Waals surface area contributed by atoms with Gasteiger partial charge in [-0.1, -0.05) is 23.8 Å². The standard InChI is InChI=1S/C15H12ClNO2S/c16-9-3-4-11-10(6-9)17-14(20-11)12-7-1-2-8(5-7)13(12)15(18)19/h1-4,6-8,12-13H,5H2,(H,18,19)/t7-,8+,12?,13?/m1/s1. The Hall–Kier alpha value is -1.39. The third kappa shape index (κ3) is 1.71. The molecule has 1 aromatic carbocycles. The summed E-state index contributed by atoms with van der Waals surface area (Å²) in [6.07, 6.45) is 5.16. The Labute approximate surface area is 124 Å². The van der Waals surface area contributed by atoms with E-state index in [4.69, 9.17) is 11.6 Å². The maximum Gasteiger partial charge on any atom is 0.307 e. The van der Waals surface area contributed by atoms with Crippen LogP contribution in [0.2, 0.25) is 5.02 Å². The fourth-order valence-corrected chi connectivity index (χ4v) is 4.89. The van der Waals surface area contributed by atoms with Gasteiger partial charge in [0.05, 0.1) is 21.1 Å². The third-order valence-electron chi connectivity index (χ3n) is 4.40. The number of aromatic nitrogens is 1. The zero-order chi connectivity index (χ0) is 13.9. The van der Waals surface area contributed by atoms with Gasteiger partial charge in [0.1, 0.15) is 0 Å². The number of carboxylic acid groups (broad SMARTS) is 1. The van der Waals surface area contributed by atoms with E-state index in [-0.39, 0.29) is 17.8 Å². The van der Waals surface area contributed by atoms with E-state index in [1.54, 1.807) is 11.3 Å². The van der Waals surface area contributed by atoms with E-state index in [0.29, 0.717) is 10.9 Å². The number of rotatable bonds is 2. The first kappa shape index (κ1) is 12.4. The van der Waals surface area contributed by atoms with Crippen molar-refractivity contribution in [3.05, 3.63) is 40.4 Å². The molecule has 1 saturated carbocycles. The molecule has 2 aromatic rings. The van der Waals surface area contributed by atoms with Crippen LogP contribution in [0.5, 0.6) is 0 Å². The van der Waals surface area contributed by atoms with E-state index >= 15 is 0 Å². The first-order valence-electron chi connectivity index (χ1n) is 6.60. The molecule has 0 spiro atoms. The minimum Gasteiger partial charge on any atom is -0.481 e. The lowest BCUT2D eigenvalue weighted by molar-refractivity contribution is -0.143. The van der Waals surface area contributed by atoms with Crippen molar-refractivity contribution in [1.82, 2.24) is 4.98 Å². The van der Waals surface area contributed by atoms with Crippen LogP contribution < -0.4 is 0 Å². The van der Waals surface area contributed by atoms with Crippen LogP contribution in [-0.4, -0.2) is 16.1 Å². The predicted octanol–water partition coefficient (Wildman–Crippen LogP) is 3.94. The number of thiazole rings is 1. The number of hydrogen-bond donors (Lipinski definition) is 1. The lowest BCUT2D eigenvalue weighted by atomic mass is 9.83. The van der Waals surface area contributed by atoms with Gasteiger partial charge in [-0.3, -0.25) is 4.79 Å². The molecule has 0 aliphatic heterocycles. The van der Waals surface area contributed by atoms with Gasteiger partial charge in [-0.15, -0.1) is 11.3 Å². The summed E-state index contributed by atoms with van der Waals surface area (Å²) in [7, 11) is 0. The molecule has 0 amide bonds. The van der Waals surface area contributed by atoms with Crippen molar-refractivity contribution in [2.75, 3.05) is 0 Å². The maximum absolute atomic E-state index is 11.6. The Morgan fingerprint density at radius 1 is 1.35 bits per heavy atom. The quantitative estimate of drug-likeness (QED) is 0.855. The maximum atomic E-state index is 11.6. The van der Waals surface area contributed by atoms with Gasteiger partial charge in [0.25, 0.3) is 0 Å². The van der Waals surface area contributed by atoms with Crippen LogP contribution in [0.1, 0.15) is 17.3 Å². The summed E-state index contributed by atoms with van der Waals surface area (Å²) < 4.78 is 1.07. The molecular formula is C15H12ClNO2S. The van der Waals surface area contributed by atoms with Crippen molar-refractivity contribution in [3.63, 3.8) is 0 Å². The summed E-state index contributed by atoms with van der Waals surface area (Å²) >= 11 is 7.59. The van der Waals surface area contributed by atoms with Crippen molar-refractivity contribution in [2.24, 2.45) is 17.8 Å². The Morgan fingerprint density at radius 3 is 2.95 bits per heavy atom. The number of fused-ring (bicyclic) bond motifs is 3. The number of aliphatic carboxylic acids is 1. The molecule has 1 aromatic heterocycles. The molecular weight excluding hydrogens is 294 g/mol. The monoisotopic (exact) mass is 305 g/mol. The van der Waals surface area contributed by atoms with Crippen molar-refractivity contribution >= 4 is 39.1 Å². The van der Waals surface area contributed by atoms with E-state index in [2.05, 4.69) is 17.1 Å². The molecule has 0 saturated heterocycles. The number of nitrogens with zero attached hydrogens (tertiary/aromatic N) is 1. The van der Waals surface area contributed by atoms with Crippen LogP contribution >= 0.6 is 22.9 Å². The molecule has 102 valence electrons. The summed E-state index contributed by atoms with van der Waals surface area (Å²) in [5.41, 5.74) is 0.869. The average molecular weight is 306 g/mol. The number of hydrogen-bond acceptors (Lipinski definition) is 3. The van der Waals surface area contributed by atoms with Crippen LogP contribution in [0.3, 0.4) is 0 Å². The van der Waals surface area contributed by atoms with E-state index < -0.39 is 5.97 Å². The number of carbonyl (C=O) groups is 1. The molecule has 2 bridgehead atoms. The molecule has 1 fully saturated rings. The predicted molar refractivity (Wildman–Crippen MR) is 79.2 cm³/mol. The summed E-state index contributed by atoms with van der Waals surface area (Å²) in [6.45, 7) is 0. The smallest absolute Gasteiger partial charge is 0.307 e. The third-order valence-corrected chi connectivity index (χ3v) is 5.77. The van der Waals surface area contributed by atoms with E-state index in [9.17, 15) is 9.90 Å². The lowest BCUT2D eigenvalue weighted by Crippen LogP contribution is -2.25. The molecule has 3 nitrogen and oxygen atoms in total. The highest BCUT2D eigenvalue weighted by atomic mass is 35.5. The van der Waals surface area contributed by atoms with E-state index in [0.717, 1.165) is 21.6 Å². The molecule has 0 radical (unpaired) electrons. The SMILES string of the molecule is O=C(O)C1C(c2nc3cc(Cl)ccc3s2)[C@@H]2C=C[C@H]1C2. The van der Waals surface area contributed by atoms with Crippen LogP contribution in [0.4, 0.5) is 0 Å². The van der Waals surface area contributed by atoms with Gasteiger partial charge in [-0.25, -0.2) is 4.98 Å². The van der Waals surface area contributed by atoms with Gasteiger partial charge in [-0.2, -0.15) is 0 Å². The van der Waals surface area contributed by atoms with Crippen LogP contribution in [0.25, 0.3) is 10.2 Å². The Morgan fingerprint density at radius 2 is 2.15 bits per heavy atom. The number of halogens is 1. The largest absolute Gasteiger partial charge is 0.481 e. The molecule has 2 aliphatic rings. The first-order chi connectivity index (χ1) is 9.63. The van der Waals surface area contributed by atoms with Gasteiger partial charge in [0.2, 0.25) is 0 Å². The van der Waals surface area contributed by atoms with Gasteiger partial charge in [0, 0.05) is 10.9 Å². The van der Waals surface area contributed by atoms with Gasteiger partial charge < -0.3 is 5.11 Å². The summed E-state index contributed by atoms with van der Waals surface area (Å²) in [5, 5.41) is 11.1. The normalized spacial score (nSPS) is 31.2. The van der Waals surface area contributed by atoms with Crippen molar-refractivity contribution in [1.29, 1.82) is 0 Å². The van der Waals surface area contributed by atoms with Gasteiger partial charge >= 0.3 is 5.97 Å². The fraction of sp³-hybridized carbons (Fsp3) is 0.333. The summed E-state index contributed by atoms with van der Waals surface area (Å²) in [6, 6.07) is 5.65. The molecule has 20 heavy (non-hydrogen) atoms. The van der Waals surface area contributed by atoms with Crippen molar-refractivity contribution in [3.8, 4) is 0 Å². The molecule has 1 N–H and O–H groups in total. The second-order valence-corrected chi connectivity index (χ2v) is 7.00. The Kier molecular flexibility index (Phi) is 2.66. The van der Waals surface area contributed by atoms with Crippen LogP contribution in [0, 0.1) is 17.8 Å². The lowest BCUT2D eigenvalue weighted by Gasteiger charge is -2.22. The van der Waals surface area contributed by atoms with Crippen molar-refractivity contribution < 1.29 is 9.90 Å². The second kappa shape index (κ2) is 4.30. The highest BCUT2D eigenvalue weighted by Gasteiger charge is 2.50. The molecule has 4 rings (SSSR count). The zero-order valence-electron chi connectivity index (χ0n) is 10.5. The summed E-state index contributed by atoms with van der Waals surface area (Å²) in [4.78, 5) is 16.2. The fourth-order valence-electron chi connectivity index (χ4n) is 3.56. The number of benzene rings is 1. The topological polar surface area (TPSA) is 50.2 Å². The molecule has 4 atom stereocenters. The molecule has 5 heteroatoms. The van der Waals surface area contributed by atoms with Crippen LogP contribution in [0.15, 0.2) is 30.4 Å². The number of allylic oxidation sites excluding steroid dienone is 2. The van der Waals surface area contributed by atoms with Gasteiger partial charge in [-0.05, 0) is 36.5 Å². The summed E-state index contributed by atoms with van der Waals surface area (Å²) in [5.74, 6) is -0.543. The van der Waals surface area contributed by atoms with Gasteiger partial charge in [0.15, 0.2) is 0 Å². The first-order valence-corrected chi connectivity index (χ1v) is 7.80. The number of carboxylic acids is 1. The van der Waals surface area contributed by atoms with E-state index in [1.807, 2.05) is 18.2 Å². The highest BCUT2D eigenvalue weighted by Crippen LogP contribution is 2.54. The minimum atomic E-state index is -0.705. The average Bonchev–Trinajstić information content (AvgIpc) is 3.09. The minimum absolute atomic E-state index is 0.0127. The Balaban J connectivity index is 1.81. The molecule has 2 unspecified atom stereocenters. The molecule has 1 heterocycles. The second-order valence-electron chi connectivity index (χ2n) is 5.50. The van der Waals surface area contributed by atoms with Crippen molar-refractivity contribution in [2.45, 2.75) is 12.3 Å². The zero-order valence-corrected chi connectivity index (χ0v) is 12.1. The van der Waals surface area contributed by atoms with E-state index in [1.165, 1.54) is 0 Å². The van der Waals surface area contributed by atoms with Crippen LogP contribution in [-0.2, 0) is 4.79 Å². The Bertz CT molecular complexity index is 739. The highest BCUT2D eigenvalue weighted by molar-refractivity contribution is 7.18.